The van der Waals surface area contributed by atoms with Crippen LogP contribution in [0.15, 0.2) is 0 Å². The molecule has 14 unspecified atom stereocenters. The molecule has 0 amide bonds. The first-order valence-electron chi connectivity index (χ1n) is 53.9. The van der Waals surface area contributed by atoms with E-state index >= 15 is 0 Å². The van der Waals surface area contributed by atoms with Gasteiger partial charge in [-0.05, 0) is 426 Å². The minimum Gasteiger partial charge on any atom is -0.459 e. The predicted molar refractivity (Wildman–Crippen MR) is 611 cm³/mol. The van der Waals surface area contributed by atoms with Crippen molar-refractivity contribution >= 4 is 35.8 Å². The third-order valence-electron chi connectivity index (χ3n) is 36.3. The Balaban J connectivity index is -0.000000171. The highest BCUT2D eigenvalue weighted by molar-refractivity contribution is 5.79. The van der Waals surface area contributed by atoms with Gasteiger partial charge in [0.1, 0.15) is 33.6 Å². The van der Waals surface area contributed by atoms with Crippen LogP contribution in [-0.2, 0) is 57.2 Å². The molecule has 138 heavy (non-hydrogen) atoms. The van der Waals surface area contributed by atoms with Crippen molar-refractivity contribution in [3.63, 3.8) is 0 Å². The molecule has 0 spiro atoms. The number of esters is 6. The van der Waals surface area contributed by atoms with Crippen molar-refractivity contribution in [1.82, 2.24) is 0 Å². The van der Waals surface area contributed by atoms with Crippen LogP contribution in [0.25, 0.3) is 0 Å². The SMILES string of the molecule is C.C.C.C.C.C.C.C.C.C.C.C.C.CC.CC.CC.CC.CC.CC.CCC(C)(C)C(=O)OC(C)(C)C12CC3CC(CC(C3)C1)C2.CCC(C)(C)C(=O)OC1(C)C2CC3CC(C2)CC1C3.CCC(C)(C)C(=O)OC1(C)CC2CC1C1CCCC21.CCC(C)(C)C(=O)OC1(C)CC2CCC1C2.CCC(C)(C)C(=O)OC1(C)CCC2CCCCC2C1.CCC(C)(C)C(=O)OC1(C)CCCC2CCCCC21. The summed E-state index contributed by atoms with van der Waals surface area (Å²) in [5.74, 6) is 13.6. The van der Waals surface area contributed by atoms with Gasteiger partial charge in [0.05, 0.1) is 32.5 Å². The van der Waals surface area contributed by atoms with Crippen LogP contribution in [-0.4, -0.2) is 69.4 Å². The first-order chi connectivity index (χ1) is 58.5. The van der Waals surface area contributed by atoms with E-state index in [4.69, 9.17) is 28.4 Å². The average molecular weight is 1970 g/mol. The lowest BCUT2D eigenvalue weighted by molar-refractivity contribution is -0.211. The Morgan fingerprint density at radius 2 is 0.587 bits per heavy atom. The first-order valence-corrected chi connectivity index (χ1v) is 53.9. The van der Waals surface area contributed by atoms with E-state index in [1.54, 1.807) is 0 Å². The zero-order valence-corrected chi connectivity index (χ0v) is 89.5. The number of rotatable bonds is 19. The monoisotopic (exact) mass is 1970 g/mol. The van der Waals surface area contributed by atoms with E-state index in [1.165, 1.54) is 186 Å². The van der Waals surface area contributed by atoms with Crippen LogP contribution in [0.2, 0.25) is 0 Å². The highest BCUT2D eigenvalue weighted by Gasteiger charge is 2.64. The van der Waals surface area contributed by atoms with Crippen LogP contribution < -0.4 is 0 Å². The Labute approximate surface area is 869 Å². The Kier molecular flexibility index (Phi) is 73.6. The second-order valence-electron chi connectivity index (χ2n) is 47.1. The zero-order valence-electron chi connectivity index (χ0n) is 89.5. The number of carbonyl (C=O) groups excluding carboxylic acids is 6. The summed E-state index contributed by atoms with van der Waals surface area (Å²) in [5, 5.41) is 0. The third kappa shape index (κ3) is 37.6. The summed E-state index contributed by atoms with van der Waals surface area (Å²) < 4.78 is 36.2. The maximum atomic E-state index is 12.6. The minimum absolute atomic E-state index is 0. The van der Waals surface area contributed by atoms with Gasteiger partial charge in [-0.2, -0.15) is 0 Å². The van der Waals surface area contributed by atoms with Crippen molar-refractivity contribution < 1.29 is 57.2 Å². The number of fused-ring (bicyclic) bond motifs is 9. The standard InChI is InChI=1S/C19H32O2.2C17H28O2.2C17H30O2.C14H24O2.6C2H6.13CH4/c1-6-17(2,3)16(20)21-18(4,5)19-10-13-7-14(11-19)9-15(8-13)12-19;1-5-16(2,3)15(18)19-17(4)13-7-11-6-12(9-13)10-14(17)8-11;1-5-16(2,3)15(18)19-17(4)10-11-9-14(17)13-8-6-7-12(11)13;1-5-16(2,3)15(18)19-17(4)12-8-10-13-9-6-7-11-14(13)17;1-5-16(2,3)15(18)19-17(4)11-10-13-8-6-7-9-14(13)12-17;1-5-13(2,3)12(15)16-14(4)9-10-6-7-11(14)8-10;6*1-2;;;;;;;;;;;;;/h13-15H,6-12H2,1-5H3;2*11-14H,5-10H2,1-4H3;2*13-14H,5-12H2,1-4H3;10-11H,5-9H2,1-4H3;6*1-2H3;13*1H4. The third-order valence-corrected chi connectivity index (χ3v) is 36.3. The van der Waals surface area contributed by atoms with Gasteiger partial charge in [-0.15, -0.1) is 0 Å². The van der Waals surface area contributed by atoms with Crippen molar-refractivity contribution in [3.8, 4) is 0 Å². The van der Waals surface area contributed by atoms with Gasteiger partial charge in [0.2, 0.25) is 0 Å². The van der Waals surface area contributed by atoms with Crippen molar-refractivity contribution in [2.75, 3.05) is 0 Å². The van der Waals surface area contributed by atoms with E-state index < -0.39 is 0 Å². The van der Waals surface area contributed by atoms with E-state index in [0.29, 0.717) is 29.6 Å². The summed E-state index contributed by atoms with van der Waals surface area (Å²) in [5.41, 5.74) is -3.01. The molecule has 0 aromatic rings. The van der Waals surface area contributed by atoms with Gasteiger partial charge in [-0.3, -0.25) is 28.8 Å². The maximum Gasteiger partial charge on any atom is 0.312 e. The molecule has 0 aromatic heterocycles. The van der Waals surface area contributed by atoms with Gasteiger partial charge in [-0.25, -0.2) is 0 Å². The number of hydrogen-bond acceptors (Lipinski definition) is 12. The van der Waals surface area contributed by atoms with Crippen LogP contribution in [0.5, 0.6) is 0 Å². The lowest BCUT2D eigenvalue weighted by Crippen LogP contribution is -2.58. The maximum absolute atomic E-state index is 12.6. The van der Waals surface area contributed by atoms with Gasteiger partial charge >= 0.3 is 35.8 Å². The molecule has 0 aromatic carbocycles. The van der Waals surface area contributed by atoms with Crippen molar-refractivity contribution in [3.05, 3.63) is 0 Å². The highest BCUT2D eigenvalue weighted by Crippen LogP contribution is 2.67. The molecule has 17 aliphatic carbocycles. The van der Waals surface area contributed by atoms with E-state index in [1.807, 2.05) is 173 Å². The second-order valence-corrected chi connectivity index (χ2v) is 47.1. The molecule has 17 aliphatic rings. The lowest BCUT2D eigenvalue weighted by atomic mass is 9.46. The van der Waals surface area contributed by atoms with Crippen LogP contribution in [0.1, 0.15) is 610 Å². The minimum atomic E-state index is -0.362. The van der Waals surface area contributed by atoms with E-state index in [9.17, 15) is 28.8 Å². The van der Waals surface area contributed by atoms with Crippen molar-refractivity contribution in [2.45, 2.75) is 643 Å². The second kappa shape index (κ2) is 65.5. The topological polar surface area (TPSA) is 158 Å². The molecule has 12 nitrogen and oxygen atoms in total. The molecule has 0 heterocycles. The fourth-order valence-corrected chi connectivity index (χ4v) is 26.0. The normalized spacial score (nSPS) is 32.5. The smallest absolute Gasteiger partial charge is 0.312 e. The van der Waals surface area contributed by atoms with Gasteiger partial charge in [0.25, 0.3) is 0 Å². The van der Waals surface area contributed by atoms with Crippen LogP contribution in [0.4, 0.5) is 0 Å². The molecule has 0 N–H and O–H groups in total. The van der Waals surface area contributed by atoms with Crippen LogP contribution in [0, 0.1) is 139 Å². The van der Waals surface area contributed by atoms with Gasteiger partial charge in [0.15, 0.2) is 0 Å². The summed E-state index contributed by atoms with van der Waals surface area (Å²) >= 11 is 0. The average Bonchev–Trinajstić information content (AvgIpc) is 1.60. The summed E-state index contributed by atoms with van der Waals surface area (Å²) in [4.78, 5) is 74.3. The van der Waals surface area contributed by atoms with Crippen LogP contribution >= 0.6 is 0 Å². The number of carbonyl (C=O) groups is 6. The van der Waals surface area contributed by atoms with Gasteiger partial charge in [0, 0.05) is 17.3 Å². The summed E-state index contributed by atoms with van der Waals surface area (Å²) in [7, 11) is 0. The Morgan fingerprint density at radius 3 is 0.978 bits per heavy atom. The number of hydrogen-bond donors (Lipinski definition) is 0. The van der Waals surface area contributed by atoms with E-state index in [-0.39, 0.29) is 204 Å². The molecule has 12 heteroatoms. The van der Waals surface area contributed by atoms with Crippen molar-refractivity contribution in [2.24, 2.45) is 139 Å². The quantitative estimate of drug-likeness (QED) is 0.0892. The molecule has 14 atom stereocenters. The number of ether oxygens (including phenoxy) is 6. The summed E-state index contributed by atoms with van der Waals surface area (Å²) in [6.07, 6.45) is 49.2. The molecule has 0 saturated heterocycles. The Bertz CT molecular complexity index is 3190. The molecular weight excluding hydrogens is 1710 g/mol. The van der Waals surface area contributed by atoms with Crippen LogP contribution in [0.3, 0.4) is 0 Å². The zero-order chi connectivity index (χ0) is 95.3. The summed E-state index contributed by atoms with van der Waals surface area (Å²) in [6, 6.07) is 0. The lowest BCUT2D eigenvalue weighted by Gasteiger charge is -2.61. The molecule has 0 radical (unpaired) electrons. The van der Waals surface area contributed by atoms with Crippen molar-refractivity contribution in [1.29, 1.82) is 0 Å². The van der Waals surface area contributed by atoms with E-state index in [2.05, 4.69) is 83.1 Å². The molecule has 17 rings (SSSR count). The van der Waals surface area contributed by atoms with E-state index in [0.717, 1.165) is 142 Å². The molecule has 17 saturated carbocycles. The van der Waals surface area contributed by atoms with Gasteiger partial charge in [-0.1, -0.05) is 273 Å². The molecular formula is C126H260O12. The largest absolute Gasteiger partial charge is 0.459 e. The van der Waals surface area contributed by atoms with Gasteiger partial charge < -0.3 is 28.4 Å². The fourth-order valence-electron chi connectivity index (χ4n) is 26.0. The Morgan fingerprint density at radius 1 is 0.254 bits per heavy atom. The fraction of sp³-hybridized carbons (Fsp3) is 0.952. The molecule has 0 aliphatic heterocycles. The molecule has 17 fully saturated rings. The Hall–Kier alpha value is -3.18. The highest BCUT2D eigenvalue weighted by atomic mass is 16.6. The summed E-state index contributed by atoms with van der Waals surface area (Å²) in [6.45, 7) is 75.6. The predicted octanol–water partition coefficient (Wildman–Crippen LogP) is 40.7. The molecule has 12 bridgehead atoms. The molecule has 836 valence electrons. The first kappa shape index (κ1) is 155.